The van der Waals surface area contributed by atoms with Crippen molar-refractivity contribution >= 4 is 17.5 Å². The Labute approximate surface area is 127 Å². The van der Waals surface area contributed by atoms with Gasteiger partial charge in [0.05, 0.1) is 6.54 Å². The summed E-state index contributed by atoms with van der Waals surface area (Å²) in [6.07, 6.45) is 3.47. The predicted octanol–water partition coefficient (Wildman–Crippen LogP) is 1.78. The second-order valence-electron chi connectivity index (χ2n) is 5.11. The van der Waals surface area contributed by atoms with Gasteiger partial charge in [-0.3, -0.25) is 4.79 Å². The Bertz CT molecular complexity index is 461. The van der Waals surface area contributed by atoms with E-state index in [4.69, 9.17) is 0 Å². The topological polar surface area (TPSA) is 61.4 Å². The first-order valence-electron chi connectivity index (χ1n) is 7.57. The largest absolute Gasteiger partial charge is 0.370 e. The van der Waals surface area contributed by atoms with Gasteiger partial charge >= 0.3 is 0 Å². The van der Waals surface area contributed by atoms with Gasteiger partial charge in [-0.1, -0.05) is 13.3 Å². The molecule has 0 bridgehead atoms. The summed E-state index contributed by atoms with van der Waals surface area (Å²) >= 11 is 0. The Morgan fingerprint density at radius 3 is 2.48 bits per heavy atom. The van der Waals surface area contributed by atoms with Crippen LogP contribution < -0.4 is 10.2 Å². The normalized spacial score (nSPS) is 10.3. The molecular formula is C15H27N5O. The molecule has 1 rings (SSSR count). The fraction of sp³-hybridized carbons (Fsp3) is 0.667. The summed E-state index contributed by atoms with van der Waals surface area (Å²) < 4.78 is 0. The van der Waals surface area contributed by atoms with Gasteiger partial charge in [0.15, 0.2) is 0 Å². The van der Waals surface area contributed by atoms with Crippen LogP contribution in [0.5, 0.6) is 0 Å². The Hall–Kier alpha value is -1.85. The molecule has 0 saturated heterocycles. The van der Waals surface area contributed by atoms with Gasteiger partial charge < -0.3 is 15.1 Å². The molecule has 0 aliphatic rings. The number of anilines is 2. The summed E-state index contributed by atoms with van der Waals surface area (Å²) in [5, 5.41) is 3.28. The summed E-state index contributed by atoms with van der Waals surface area (Å²) in [4.78, 5) is 24.4. The van der Waals surface area contributed by atoms with Gasteiger partial charge in [0, 0.05) is 32.7 Å². The summed E-state index contributed by atoms with van der Waals surface area (Å²) in [7, 11) is 3.54. The third-order valence-electron chi connectivity index (χ3n) is 3.27. The Morgan fingerprint density at radius 1 is 1.24 bits per heavy atom. The highest BCUT2D eigenvalue weighted by Crippen LogP contribution is 2.24. The van der Waals surface area contributed by atoms with E-state index in [1.807, 2.05) is 18.7 Å². The third kappa shape index (κ3) is 4.58. The van der Waals surface area contributed by atoms with Crippen LogP contribution in [0.1, 0.15) is 32.8 Å². The molecule has 21 heavy (non-hydrogen) atoms. The van der Waals surface area contributed by atoms with Crippen molar-refractivity contribution in [3.8, 4) is 0 Å². The molecule has 0 fully saturated rings. The molecular weight excluding hydrogens is 266 g/mol. The predicted molar refractivity (Wildman–Crippen MR) is 86.8 cm³/mol. The number of nitrogens with zero attached hydrogens (tertiary/aromatic N) is 4. The first kappa shape index (κ1) is 17.2. The number of hydrogen-bond acceptors (Lipinski definition) is 5. The summed E-state index contributed by atoms with van der Waals surface area (Å²) in [6.45, 7) is 8.10. The zero-order chi connectivity index (χ0) is 15.8. The highest BCUT2D eigenvalue weighted by atomic mass is 16.2. The van der Waals surface area contributed by atoms with Crippen LogP contribution in [0.15, 0.2) is 6.33 Å². The van der Waals surface area contributed by atoms with Gasteiger partial charge in [-0.25, -0.2) is 9.97 Å². The van der Waals surface area contributed by atoms with Crippen molar-refractivity contribution in [2.75, 3.05) is 43.9 Å². The molecule has 6 nitrogen and oxygen atoms in total. The minimum Gasteiger partial charge on any atom is -0.370 e. The Kier molecular flexibility index (Phi) is 6.91. The van der Waals surface area contributed by atoms with Gasteiger partial charge in [-0.05, 0) is 20.3 Å². The first-order valence-corrected chi connectivity index (χ1v) is 7.57. The number of nitrogens with one attached hydrogen (secondary N) is 1. The minimum absolute atomic E-state index is 0.0721. The number of hydrogen-bond donors (Lipinski definition) is 1. The average Bonchev–Trinajstić information content (AvgIpc) is 2.46. The molecule has 0 aromatic carbocycles. The van der Waals surface area contributed by atoms with Crippen molar-refractivity contribution in [2.24, 2.45) is 0 Å². The van der Waals surface area contributed by atoms with Crippen molar-refractivity contribution < 1.29 is 4.79 Å². The van der Waals surface area contributed by atoms with Crippen LogP contribution in [0.4, 0.5) is 11.6 Å². The molecule has 1 N–H and O–H groups in total. The van der Waals surface area contributed by atoms with E-state index < -0.39 is 0 Å². The van der Waals surface area contributed by atoms with Crippen LogP contribution in [0.3, 0.4) is 0 Å². The maximum Gasteiger partial charge on any atom is 0.241 e. The Balaban J connectivity index is 3.12. The molecule has 0 spiro atoms. The van der Waals surface area contributed by atoms with Gasteiger partial charge in [0.2, 0.25) is 5.91 Å². The maximum absolute atomic E-state index is 12.0. The van der Waals surface area contributed by atoms with Crippen LogP contribution in [-0.4, -0.2) is 54.5 Å². The SMILES string of the molecule is CCCc1c(NCC)ncnc1N(CC)CC(=O)N(C)C. The average molecular weight is 293 g/mol. The number of carbonyl (C=O) groups is 1. The lowest BCUT2D eigenvalue weighted by atomic mass is 10.1. The second-order valence-corrected chi connectivity index (χ2v) is 5.11. The molecule has 1 aromatic heterocycles. The van der Waals surface area contributed by atoms with Crippen molar-refractivity contribution in [1.29, 1.82) is 0 Å². The number of rotatable bonds is 8. The van der Waals surface area contributed by atoms with Crippen LogP contribution in [0.25, 0.3) is 0 Å². The smallest absolute Gasteiger partial charge is 0.241 e. The molecule has 0 atom stereocenters. The fourth-order valence-corrected chi connectivity index (χ4v) is 2.12. The van der Waals surface area contributed by atoms with Crippen LogP contribution in [0, 0.1) is 0 Å². The molecule has 1 heterocycles. The lowest BCUT2D eigenvalue weighted by molar-refractivity contribution is -0.127. The summed E-state index contributed by atoms with van der Waals surface area (Å²) in [5.41, 5.74) is 1.09. The molecule has 6 heteroatoms. The van der Waals surface area contributed by atoms with E-state index in [2.05, 4.69) is 22.2 Å². The fourth-order valence-electron chi connectivity index (χ4n) is 2.12. The highest BCUT2D eigenvalue weighted by Gasteiger charge is 2.18. The number of aromatic nitrogens is 2. The monoisotopic (exact) mass is 293 g/mol. The summed E-state index contributed by atoms with van der Waals surface area (Å²) in [5.74, 6) is 1.81. The molecule has 0 aliphatic heterocycles. The van der Waals surface area contributed by atoms with E-state index in [1.54, 1.807) is 25.3 Å². The molecule has 118 valence electrons. The van der Waals surface area contributed by atoms with Crippen LogP contribution in [0.2, 0.25) is 0 Å². The maximum atomic E-state index is 12.0. The van der Waals surface area contributed by atoms with Crippen molar-refractivity contribution in [1.82, 2.24) is 14.9 Å². The lowest BCUT2D eigenvalue weighted by Gasteiger charge is -2.26. The van der Waals surface area contributed by atoms with Crippen molar-refractivity contribution in [3.63, 3.8) is 0 Å². The van der Waals surface area contributed by atoms with Crippen LogP contribution >= 0.6 is 0 Å². The zero-order valence-electron chi connectivity index (χ0n) is 13.8. The first-order chi connectivity index (χ1) is 10.0. The zero-order valence-corrected chi connectivity index (χ0v) is 13.8. The van der Waals surface area contributed by atoms with E-state index >= 15 is 0 Å². The van der Waals surface area contributed by atoms with Gasteiger partial charge in [0.1, 0.15) is 18.0 Å². The van der Waals surface area contributed by atoms with Crippen LogP contribution in [-0.2, 0) is 11.2 Å². The van der Waals surface area contributed by atoms with E-state index in [1.165, 1.54) is 0 Å². The molecule has 0 unspecified atom stereocenters. The number of amides is 1. The second kappa shape index (κ2) is 8.44. The van der Waals surface area contributed by atoms with Crippen molar-refractivity contribution in [2.45, 2.75) is 33.6 Å². The van der Waals surface area contributed by atoms with E-state index in [0.717, 1.165) is 43.1 Å². The van der Waals surface area contributed by atoms with Gasteiger partial charge in [-0.2, -0.15) is 0 Å². The van der Waals surface area contributed by atoms with Crippen molar-refractivity contribution in [3.05, 3.63) is 11.9 Å². The number of carbonyl (C=O) groups excluding carboxylic acids is 1. The molecule has 0 radical (unpaired) electrons. The lowest BCUT2D eigenvalue weighted by Crippen LogP contribution is -2.37. The highest BCUT2D eigenvalue weighted by molar-refractivity contribution is 5.81. The van der Waals surface area contributed by atoms with E-state index in [9.17, 15) is 4.79 Å². The van der Waals surface area contributed by atoms with E-state index in [0.29, 0.717) is 6.54 Å². The molecule has 1 amide bonds. The minimum atomic E-state index is 0.0721. The third-order valence-corrected chi connectivity index (χ3v) is 3.27. The standard InChI is InChI=1S/C15H27N5O/c1-6-9-12-14(16-7-2)17-11-18-15(12)20(8-3)10-13(21)19(4)5/h11H,6-10H2,1-5H3,(H,16,17,18). The number of likely N-dealkylation sites (N-methyl/N-ethyl adjacent to an activating group) is 2. The molecule has 0 aliphatic carbocycles. The van der Waals surface area contributed by atoms with E-state index in [-0.39, 0.29) is 5.91 Å². The molecule has 1 aromatic rings. The van der Waals surface area contributed by atoms with Gasteiger partial charge in [-0.15, -0.1) is 0 Å². The quantitative estimate of drug-likeness (QED) is 0.791. The Morgan fingerprint density at radius 2 is 1.95 bits per heavy atom. The van der Waals surface area contributed by atoms with Gasteiger partial charge in [0.25, 0.3) is 0 Å². The molecule has 0 saturated carbocycles. The summed E-state index contributed by atoms with van der Waals surface area (Å²) in [6, 6.07) is 0.